The van der Waals surface area contributed by atoms with Crippen LogP contribution in [-0.2, 0) is 11.8 Å². The van der Waals surface area contributed by atoms with E-state index in [9.17, 15) is 4.79 Å². The molecule has 0 aliphatic carbocycles. The first kappa shape index (κ1) is 11.9. The molecule has 88 valence electrons. The zero-order valence-corrected chi connectivity index (χ0v) is 11.1. The van der Waals surface area contributed by atoms with Crippen molar-refractivity contribution in [3.8, 4) is 11.4 Å². The predicted octanol–water partition coefficient (Wildman–Crippen LogP) is 2.64. The van der Waals surface area contributed by atoms with E-state index in [1.54, 1.807) is 18.5 Å². The van der Waals surface area contributed by atoms with Gasteiger partial charge in [-0.05, 0) is 34.1 Å². The number of aryl methyl sites for hydroxylation is 1. The van der Waals surface area contributed by atoms with Crippen molar-refractivity contribution >= 4 is 21.9 Å². The third-order valence-corrected chi connectivity index (χ3v) is 2.88. The molecule has 0 unspecified atom stereocenters. The summed E-state index contributed by atoms with van der Waals surface area (Å²) in [5.74, 6) is -0.344. The minimum Gasteiger partial charge on any atom is -0.465 e. The average molecular weight is 295 g/mol. The van der Waals surface area contributed by atoms with Gasteiger partial charge < -0.3 is 9.30 Å². The van der Waals surface area contributed by atoms with E-state index in [0.29, 0.717) is 5.56 Å². The molecular weight excluding hydrogens is 284 g/mol. The first-order valence-corrected chi connectivity index (χ1v) is 5.77. The molecule has 17 heavy (non-hydrogen) atoms. The van der Waals surface area contributed by atoms with Crippen molar-refractivity contribution in [1.29, 1.82) is 0 Å². The fourth-order valence-electron chi connectivity index (χ4n) is 1.58. The molecule has 2 aromatic rings. The largest absolute Gasteiger partial charge is 0.465 e. The van der Waals surface area contributed by atoms with Crippen LogP contribution in [0.5, 0.6) is 0 Å². The SMILES string of the molecule is COC(=O)c1cc(-c2ccc(Br)cn2)n(C)c1. The van der Waals surface area contributed by atoms with Gasteiger partial charge in [-0.3, -0.25) is 4.98 Å². The highest BCUT2D eigenvalue weighted by molar-refractivity contribution is 9.10. The number of aromatic nitrogens is 2. The van der Waals surface area contributed by atoms with E-state index in [2.05, 4.69) is 25.7 Å². The van der Waals surface area contributed by atoms with Crippen LogP contribution in [-0.4, -0.2) is 22.6 Å². The van der Waals surface area contributed by atoms with Crippen molar-refractivity contribution < 1.29 is 9.53 Å². The lowest BCUT2D eigenvalue weighted by Crippen LogP contribution is -1.98. The summed E-state index contributed by atoms with van der Waals surface area (Å²) in [5, 5.41) is 0. The van der Waals surface area contributed by atoms with Crippen molar-refractivity contribution in [1.82, 2.24) is 9.55 Å². The minimum atomic E-state index is -0.344. The van der Waals surface area contributed by atoms with Gasteiger partial charge in [0.25, 0.3) is 0 Å². The van der Waals surface area contributed by atoms with Gasteiger partial charge in [-0.1, -0.05) is 0 Å². The van der Waals surface area contributed by atoms with E-state index >= 15 is 0 Å². The Morgan fingerprint density at radius 1 is 1.47 bits per heavy atom. The molecule has 0 aliphatic heterocycles. The van der Waals surface area contributed by atoms with Crippen LogP contribution < -0.4 is 0 Å². The molecule has 0 aromatic carbocycles. The number of rotatable bonds is 2. The number of carbonyl (C=O) groups excluding carboxylic acids is 1. The Balaban J connectivity index is 2.42. The number of nitrogens with zero attached hydrogens (tertiary/aromatic N) is 2. The third kappa shape index (κ3) is 2.39. The summed E-state index contributed by atoms with van der Waals surface area (Å²) in [6.45, 7) is 0. The summed E-state index contributed by atoms with van der Waals surface area (Å²) in [4.78, 5) is 15.7. The van der Waals surface area contributed by atoms with Crippen LogP contribution in [0.3, 0.4) is 0 Å². The van der Waals surface area contributed by atoms with E-state index in [4.69, 9.17) is 0 Å². The number of ether oxygens (including phenoxy) is 1. The fraction of sp³-hybridized carbons (Fsp3) is 0.167. The maximum absolute atomic E-state index is 11.4. The van der Waals surface area contributed by atoms with Gasteiger partial charge in [0.05, 0.1) is 24.1 Å². The van der Waals surface area contributed by atoms with Gasteiger partial charge >= 0.3 is 5.97 Å². The zero-order chi connectivity index (χ0) is 12.4. The van der Waals surface area contributed by atoms with Crippen LogP contribution in [0, 0.1) is 0 Å². The number of pyridine rings is 1. The molecule has 0 amide bonds. The van der Waals surface area contributed by atoms with Gasteiger partial charge in [-0.25, -0.2) is 4.79 Å². The summed E-state index contributed by atoms with van der Waals surface area (Å²) >= 11 is 3.33. The van der Waals surface area contributed by atoms with E-state index in [0.717, 1.165) is 15.9 Å². The molecule has 0 atom stereocenters. The van der Waals surface area contributed by atoms with Crippen LogP contribution in [0.25, 0.3) is 11.4 Å². The second-order valence-corrected chi connectivity index (χ2v) is 4.49. The highest BCUT2D eigenvalue weighted by Crippen LogP contribution is 2.21. The summed E-state index contributed by atoms with van der Waals surface area (Å²) < 4.78 is 7.45. The maximum atomic E-state index is 11.4. The van der Waals surface area contributed by atoms with Crippen LogP contribution in [0.15, 0.2) is 35.1 Å². The average Bonchev–Trinajstić information content (AvgIpc) is 2.71. The van der Waals surface area contributed by atoms with Gasteiger partial charge in [0.15, 0.2) is 0 Å². The Morgan fingerprint density at radius 2 is 2.24 bits per heavy atom. The fourth-order valence-corrected chi connectivity index (χ4v) is 1.81. The van der Waals surface area contributed by atoms with Crippen molar-refractivity contribution in [3.05, 3.63) is 40.6 Å². The maximum Gasteiger partial charge on any atom is 0.339 e. The van der Waals surface area contributed by atoms with Gasteiger partial charge in [0.1, 0.15) is 0 Å². The van der Waals surface area contributed by atoms with Crippen LogP contribution in [0.4, 0.5) is 0 Å². The van der Waals surface area contributed by atoms with Gasteiger partial charge in [-0.15, -0.1) is 0 Å². The Kier molecular flexibility index (Phi) is 3.28. The number of esters is 1. The third-order valence-electron chi connectivity index (χ3n) is 2.42. The topological polar surface area (TPSA) is 44.1 Å². The smallest absolute Gasteiger partial charge is 0.339 e. The lowest BCUT2D eigenvalue weighted by atomic mass is 10.2. The zero-order valence-electron chi connectivity index (χ0n) is 9.48. The summed E-state index contributed by atoms with van der Waals surface area (Å²) in [5.41, 5.74) is 2.21. The van der Waals surface area contributed by atoms with Crippen molar-refractivity contribution in [2.75, 3.05) is 7.11 Å². The second kappa shape index (κ2) is 4.71. The van der Waals surface area contributed by atoms with E-state index in [-0.39, 0.29) is 5.97 Å². The lowest BCUT2D eigenvalue weighted by molar-refractivity contribution is 0.0601. The molecule has 0 N–H and O–H groups in total. The van der Waals surface area contributed by atoms with Crippen molar-refractivity contribution in [3.63, 3.8) is 0 Å². The molecule has 2 rings (SSSR count). The van der Waals surface area contributed by atoms with Crippen LogP contribution in [0.2, 0.25) is 0 Å². The number of methoxy groups -OCH3 is 1. The van der Waals surface area contributed by atoms with E-state index in [1.807, 2.05) is 23.7 Å². The molecule has 0 saturated heterocycles. The van der Waals surface area contributed by atoms with Gasteiger partial charge in [-0.2, -0.15) is 0 Å². The number of hydrogen-bond acceptors (Lipinski definition) is 3. The van der Waals surface area contributed by atoms with Crippen LogP contribution >= 0.6 is 15.9 Å². The highest BCUT2D eigenvalue weighted by Gasteiger charge is 2.12. The van der Waals surface area contributed by atoms with Crippen molar-refractivity contribution in [2.24, 2.45) is 7.05 Å². The quantitative estimate of drug-likeness (QED) is 0.800. The Bertz CT molecular complexity index is 546. The second-order valence-electron chi connectivity index (χ2n) is 3.58. The first-order chi connectivity index (χ1) is 8.11. The Morgan fingerprint density at radius 3 is 2.82 bits per heavy atom. The first-order valence-electron chi connectivity index (χ1n) is 4.98. The van der Waals surface area contributed by atoms with Gasteiger partial charge in [0.2, 0.25) is 0 Å². The van der Waals surface area contributed by atoms with Crippen molar-refractivity contribution in [2.45, 2.75) is 0 Å². The summed E-state index contributed by atoms with van der Waals surface area (Å²) in [6, 6.07) is 5.57. The Hall–Kier alpha value is -1.62. The molecule has 4 nitrogen and oxygen atoms in total. The molecular formula is C12H11BrN2O2. The molecule has 0 bridgehead atoms. The monoisotopic (exact) mass is 294 g/mol. The standard InChI is InChI=1S/C12H11BrN2O2/c1-15-7-8(12(16)17-2)5-11(15)10-4-3-9(13)6-14-10/h3-7H,1-2H3. The molecule has 0 aliphatic rings. The molecule has 0 radical (unpaired) electrons. The summed E-state index contributed by atoms with van der Waals surface area (Å²) in [7, 11) is 3.23. The highest BCUT2D eigenvalue weighted by atomic mass is 79.9. The minimum absolute atomic E-state index is 0.344. The molecule has 2 heterocycles. The number of carbonyl (C=O) groups is 1. The number of halogens is 1. The predicted molar refractivity (Wildman–Crippen MR) is 67.7 cm³/mol. The normalized spacial score (nSPS) is 10.3. The van der Waals surface area contributed by atoms with Crippen LogP contribution in [0.1, 0.15) is 10.4 Å². The van der Waals surface area contributed by atoms with Gasteiger partial charge in [0, 0.05) is 23.9 Å². The number of hydrogen-bond donors (Lipinski definition) is 0. The van der Waals surface area contributed by atoms with E-state index in [1.165, 1.54) is 7.11 Å². The molecule has 5 heteroatoms. The molecule has 0 fully saturated rings. The summed E-state index contributed by atoms with van der Waals surface area (Å²) in [6.07, 6.45) is 3.45. The lowest BCUT2D eigenvalue weighted by Gasteiger charge is -2.01. The molecule has 0 saturated carbocycles. The molecule has 0 spiro atoms. The van der Waals surface area contributed by atoms with E-state index < -0.39 is 0 Å². The molecule has 2 aromatic heterocycles. The Labute approximate surface area is 107 Å².